The van der Waals surface area contributed by atoms with Crippen molar-refractivity contribution in [3.05, 3.63) is 45.3 Å². The van der Waals surface area contributed by atoms with Crippen LogP contribution in [0.25, 0.3) is 16.6 Å². The summed E-state index contributed by atoms with van der Waals surface area (Å²) in [7, 11) is 0. The quantitative estimate of drug-likeness (QED) is 0.647. The lowest BCUT2D eigenvalue weighted by atomic mass is 10.2. The van der Waals surface area contributed by atoms with Gasteiger partial charge in [0.2, 0.25) is 0 Å². The van der Waals surface area contributed by atoms with Crippen molar-refractivity contribution in [1.82, 2.24) is 14.6 Å². The van der Waals surface area contributed by atoms with E-state index >= 15 is 0 Å². The van der Waals surface area contributed by atoms with Crippen LogP contribution < -0.4 is 5.56 Å². The summed E-state index contributed by atoms with van der Waals surface area (Å²) >= 11 is 5.86. The van der Waals surface area contributed by atoms with Crippen LogP contribution in [0.15, 0.2) is 29.1 Å². The normalized spacial score (nSPS) is 11.4. The van der Waals surface area contributed by atoms with E-state index in [4.69, 9.17) is 11.6 Å². The van der Waals surface area contributed by atoms with Gasteiger partial charge in [-0.05, 0) is 25.1 Å². The molecule has 0 spiro atoms. The van der Waals surface area contributed by atoms with Crippen molar-refractivity contribution in [2.45, 2.75) is 6.92 Å². The maximum atomic E-state index is 12.1. The molecule has 0 radical (unpaired) electrons. The van der Waals surface area contributed by atoms with Crippen LogP contribution in [0.5, 0.6) is 0 Å². The molecule has 0 saturated heterocycles. The predicted octanol–water partition coefficient (Wildman–Crippen LogP) is 2.14. The highest BCUT2D eigenvalue weighted by Gasteiger charge is 2.07. The van der Waals surface area contributed by atoms with E-state index in [2.05, 4.69) is 10.1 Å². The third-order valence-corrected chi connectivity index (χ3v) is 2.73. The highest BCUT2D eigenvalue weighted by molar-refractivity contribution is 6.31. The SMILES string of the molecule is Cc1cc2nc3ccc(Cl)cc3c(=O)n2[nH]1. The van der Waals surface area contributed by atoms with Crippen LogP contribution in [-0.4, -0.2) is 14.6 Å². The first-order valence-electron chi connectivity index (χ1n) is 4.83. The molecular formula is C11H8ClN3O. The largest absolute Gasteiger partial charge is 0.294 e. The topological polar surface area (TPSA) is 50.2 Å². The summed E-state index contributed by atoms with van der Waals surface area (Å²) in [6.45, 7) is 1.88. The van der Waals surface area contributed by atoms with E-state index in [1.165, 1.54) is 4.52 Å². The Balaban J connectivity index is 2.60. The van der Waals surface area contributed by atoms with Crippen molar-refractivity contribution >= 4 is 28.2 Å². The standard InChI is InChI=1S/C11H8ClN3O/c1-6-4-10-13-9-3-2-7(12)5-8(9)11(16)15(10)14-6/h2-5,14H,1H3. The first-order chi connectivity index (χ1) is 7.65. The molecule has 1 N–H and O–H groups in total. The second kappa shape index (κ2) is 3.09. The molecule has 0 atom stereocenters. The zero-order valence-electron chi connectivity index (χ0n) is 8.49. The van der Waals surface area contributed by atoms with Crippen molar-refractivity contribution in [2.75, 3.05) is 0 Å². The van der Waals surface area contributed by atoms with Crippen LogP contribution in [0.2, 0.25) is 5.02 Å². The van der Waals surface area contributed by atoms with E-state index in [9.17, 15) is 4.79 Å². The van der Waals surface area contributed by atoms with E-state index in [-0.39, 0.29) is 5.56 Å². The van der Waals surface area contributed by atoms with Crippen LogP contribution in [0, 0.1) is 6.92 Å². The molecule has 3 aromatic rings. The first kappa shape index (κ1) is 9.42. The lowest BCUT2D eigenvalue weighted by Gasteiger charge is -1.98. The lowest BCUT2D eigenvalue weighted by Crippen LogP contribution is -2.15. The molecule has 5 heteroatoms. The maximum Gasteiger partial charge on any atom is 0.280 e. The number of nitrogens with one attached hydrogen (secondary N) is 1. The van der Waals surface area contributed by atoms with E-state index < -0.39 is 0 Å². The van der Waals surface area contributed by atoms with Crippen molar-refractivity contribution in [3.8, 4) is 0 Å². The highest BCUT2D eigenvalue weighted by Crippen LogP contribution is 2.15. The molecule has 16 heavy (non-hydrogen) atoms. The molecule has 80 valence electrons. The fourth-order valence-corrected chi connectivity index (χ4v) is 1.95. The molecule has 0 saturated carbocycles. The summed E-state index contributed by atoms with van der Waals surface area (Å²) in [6, 6.07) is 6.94. The van der Waals surface area contributed by atoms with E-state index in [1.807, 2.05) is 13.0 Å². The Morgan fingerprint density at radius 2 is 2.19 bits per heavy atom. The summed E-state index contributed by atoms with van der Waals surface area (Å²) in [6.07, 6.45) is 0. The number of halogens is 1. The minimum absolute atomic E-state index is 0.129. The van der Waals surface area contributed by atoms with Crippen LogP contribution in [-0.2, 0) is 0 Å². The maximum absolute atomic E-state index is 12.1. The lowest BCUT2D eigenvalue weighted by molar-refractivity contribution is 0.895. The molecule has 0 bridgehead atoms. The van der Waals surface area contributed by atoms with Gasteiger partial charge < -0.3 is 0 Å². The number of aromatic nitrogens is 3. The second-order valence-electron chi connectivity index (χ2n) is 3.71. The third kappa shape index (κ3) is 1.23. The van der Waals surface area contributed by atoms with Gasteiger partial charge in [0.1, 0.15) is 0 Å². The van der Waals surface area contributed by atoms with Gasteiger partial charge in [-0.3, -0.25) is 9.89 Å². The molecule has 0 aliphatic carbocycles. The molecule has 0 aliphatic heterocycles. The molecular weight excluding hydrogens is 226 g/mol. The monoisotopic (exact) mass is 233 g/mol. The zero-order chi connectivity index (χ0) is 11.3. The molecule has 2 aromatic heterocycles. The fraction of sp³-hybridized carbons (Fsp3) is 0.0909. The molecule has 0 aliphatic rings. The van der Waals surface area contributed by atoms with Gasteiger partial charge in [0, 0.05) is 16.8 Å². The first-order valence-corrected chi connectivity index (χ1v) is 5.20. The Morgan fingerprint density at radius 3 is 3.00 bits per heavy atom. The Bertz CT molecular complexity index is 757. The van der Waals surface area contributed by atoms with E-state index in [0.717, 1.165) is 5.69 Å². The van der Waals surface area contributed by atoms with Gasteiger partial charge in [0.15, 0.2) is 5.65 Å². The summed E-state index contributed by atoms with van der Waals surface area (Å²) in [5, 5.41) is 3.99. The van der Waals surface area contributed by atoms with E-state index in [0.29, 0.717) is 21.6 Å². The van der Waals surface area contributed by atoms with Crippen molar-refractivity contribution in [2.24, 2.45) is 0 Å². The molecule has 0 amide bonds. The zero-order valence-corrected chi connectivity index (χ0v) is 9.25. The van der Waals surface area contributed by atoms with Gasteiger partial charge in [-0.15, -0.1) is 0 Å². The van der Waals surface area contributed by atoms with Crippen LogP contribution in [0.1, 0.15) is 5.69 Å². The highest BCUT2D eigenvalue weighted by atomic mass is 35.5. The van der Waals surface area contributed by atoms with Crippen molar-refractivity contribution in [1.29, 1.82) is 0 Å². The van der Waals surface area contributed by atoms with E-state index in [1.54, 1.807) is 18.2 Å². The Labute approximate surface area is 95.5 Å². The molecule has 4 nitrogen and oxygen atoms in total. The number of rotatable bonds is 0. The summed E-state index contributed by atoms with van der Waals surface area (Å²) in [4.78, 5) is 16.5. The number of benzene rings is 1. The number of H-pyrrole nitrogens is 1. The Morgan fingerprint density at radius 1 is 1.38 bits per heavy atom. The van der Waals surface area contributed by atoms with Gasteiger partial charge in [0.25, 0.3) is 5.56 Å². The van der Waals surface area contributed by atoms with Crippen LogP contribution in [0.3, 0.4) is 0 Å². The summed E-state index contributed by atoms with van der Waals surface area (Å²) < 4.78 is 1.42. The number of hydrogen-bond donors (Lipinski definition) is 1. The summed E-state index contributed by atoms with van der Waals surface area (Å²) in [5.74, 6) is 0. The fourth-order valence-electron chi connectivity index (χ4n) is 1.78. The number of hydrogen-bond acceptors (Lipinski definition) is 2. The second-order valence-corrected chi connectivity index (χ2v) is 4.15. The Hall–Kier alpha value is -1.81. The number of nitrogens with zero attached hydrogens (tertiary/aromatic N) is 2. The van der Waals surface area contributed by atoms with Crippen molar-refractivity contribution in [3.63, 3.8) is 0 Å². The number of fused-ring (bicyclic) bond motifs is 2. The smallest absolute Gasteiger partial charge is 0.280 e. The van der Waals surface area contributed by atoms with Crippen LogP contribution >= 0.6 is 11.6 Å². The average Bonchev–Trinajstić information content (AvgIpc) is 2.61. The molecule has 3 rings (SSSR count). The average molecular weight is 234 g/mol. The van der Waals surface area contributed by atoms with Gasteiger partial charge in [-0.25, -0.2) is 9.50 Å². The minimum Gasteiger partial charge on any atom is -0.294 e. The van der Waals surface area contributed by atoms with Gasteiger partial charge in [0.05, 0.1) is 10.9 Å². The summed E-state index contributed by atoms with van der Waals surface area (Å²) in [5.41, 5.74) is 2.05. The molecule has 0 fully saturated rings. The van der Waals surface area contributed by atoms with Crippen molar-refractivity contribution < 1.29 is 0 Å². The molecule has 2 heterocycles. The predicted molar refractivity (Wildman–Crippen MR) is 63.1 cm³/mol. The molecule has 0 unspecified atom stereocenters. The molecule has 1 aromatic carbocycles. The van der Waals surface area contributed by atoms with Gasteiger partial charge >= 0.3 is 0 Å². The third-order valence-electron chi connectivity index (χ3n) is 2.49. The van der Waals surface area contributed by atoms with Crippen LogP contribution in [0.4, 0.5) is 0 Å². The Kier molecular flexibility index (Phi) is 1.82. The van der Waals surface area contributed by atoms with Gasteiger partial charge in [-0.2, -0.15) is 0 Å². The van der Waals surface area contributed by atoms with Gasteiger partial charge in [-0.1, -0.05) is 11.6 Å². The minimum atomic E-state index is -0.129. The number of aromatic amines is 1. The number of aryl methyl sites for hydroxylation is 1.